The van der Waals surface area contributed by atoms with Gasteiger partial charge in [-0.1, -0.05) is 12.1 Å². The van der Waals surface area contributed by atoms with Crippen molar-refractivity contribution in [2.24, 2.45) is 0 Å². The summed E-state index contributed by atoms with van der Waals surface area (Å²) in [5.41, 5.74) is 1.85. The third kappa shape index (κ3) is 3.31. The minimum Gasteiger partial charge on any atom is -0.344 e. The lowest BCUT2D eigenvalue weighted by Crippen LogP contribution is -2.37. The van der Waals surface area contributed by atoms with E-state index in [0.717, 1.165) is 11.3 Å². The zero-order valence-electron chi connectivity index (χ0n) is 12.0. The van der Waals surface area contributed by atoms with Gasteiger partial charge in [0, 0.05) is 22.3 Å². The third-order valence-corrected chi connectivity index (χ3v) is 4.93. The van der Waals surface area contributed by atoms with Crippen molar-refractivity contribution in [2.45, 2.75) is 23.8 Å². The van der Waals surface area contributed by atoms with Gasteiger partial charge in [-0.05, 0) is 24.8 Å². The average molecular weight is 333 g/mol. The van der Waals surface area contributed by atoms with Crippen molar-refractivity contribution in [1.29, 1.82) is 0 Å². The number of thiazole rings is 1. The van der Waals surface area contributed by atoms with Gasteiger partial charge in [0.15, 0.2) is 5.13 Å². The molecule has 1 aromatic heterocycles. The van der Waals surface area contributed by atoms with Gasteiger partial charge in [-0.15, -0.1) is 23.1 Å². The van der Waals surface area contributed by atoms with Crippen LogP contribution in [0.3, 0.4) is 0 Å². The van der Waals surface area contributed by atoms with Crippen LogP contribution in [0.15, 0.2) is 34.5 Å². The van der Waals surface area contributed by atoms with Gasteiger partial charge in [0.1, 0.15) is 6.04 Å². The van der Waals surface area contributed by atoms with E-state index in [-0.39, 0.29) is 11.8 Å². The molecule has 1 aromatic carbocycles. The molecule has 114 valence electrons. The van der Waals surface area contributed by atoms with E-state index in [0.29, 0.717) is 18.0 Å². The van der Waals surface area contributed by atoms with Crippen LogP contribution >= 0.6 is 23.1 Å². The minimum absolute atomic E-state index is 0.0751. The van der Waals surface area contributed by atoms with E-state index < -0.39 is 6.04 Å². The van der Waals surface area contributed by atoms with Gasteiger partial charge in [0.05, 0.1) is 5.69 Å². The fraction of sp³-hybridized carbons (Fsp3) is 0.267. The standard InChI is InChI=1S/C15H15N3O2S2/c1-21-10-4-2-9(3-5-10)12-8-22-15(17-12)18-14(20)11-6-7-13(19)16-11/h2-5,8,11H,6-7H2,1H3,(H,16,19)(H,17,18,20). The van der Waals surface area contributed by atoms with Gasteiger partial charge in [0.25, 0.3) is 0 Å². The molecule has 0 saturated carbocycles. The number of rotatable bonds is 4. The highest BCUT2D eigenvalue weighted by Crippen LogP contribution is 2.27. The zero-order valence-corrected chi connectivity index (χ0v) is 13.6. The molecule has 1 aliphatic rings. The molecular formula is C15H15N3O2S2. The Hall–Kier alpha value is -1.86. The van der Waals surface area contributed by atoms with Crippen LogP contribution in [0.5, 0.6) is 0 Å². The van der Waals surface area contributed by atoms with Crippen LogP contribution in [0.1, 0.15) is 12.8 Å². The van der Waals surface area contributed by atoms with Crippen LogP contribution in [0.4, 0.5) is 5.13 Å². The van der Waals surface area contributed by atoms with Gasteiger partial charge < -0.3 is 10.6 Å². The lowest BCUT2D eigenvalue weighted by atomic mass is 10.2. The highest BCUT2D eigenvalue weighted by molar-refractivity contribution is 7.98. The maximum Gasteiger partial charge on any atom is 0.248 e. The number of thioether (sulfide) groups is 1. The van der Waals surface area contributed by atoms with Gasteiger partial charge in [-0.25, -0.2) is 4.98 Å². The Morgan fingerprint density at radius 3 is 2.82 bits per heavy atom. The first-order valence-corrected chi connectivity index (χ1v) is 8.96. The van der Waals surface area contributed by atoms with Gasteiger partial charge in [-0.3, -0.25) is 9.59 Å². The number of nitrogens with zero attached hydrogens (tertiary/aromatic N) is 1. The first-order valence-electron chi connectivity index (χ1n) is 6.86. The number of carbonyl (C=O) groups excluding carboxylic acids is 2. The van der Waals surface area contributed by atoms with E-state index >= 15 is 0 Å². The zero-order chi connectivity index (χ0) is 15.5. The first kappa shape index (κ1) is 15.1. The Balaban J connectivity index is 1.68. The summed E-state index contributed by atoms with van der Waals surface area (Å²) < 4.78 is 0. The number of aromatic nitrogens is 1. The van der Waals surface area contributed by atoms with Crippen LogP contribution in [-0.2, 0) is 9.59 Å². The van der Waals surface area contributed by atoms with Crippen molar-refractivity contribution in [3.63, 3.8) is 0 Å². The molecule has 0 aliphatic carbocycles. The predicted molar refractivity (Wildman–Crippen MR) is 89.1 cm³/mol. The van der Waals surface area contributed by atoms with Crippen LogP contribution in [0.25, 0.3) is 11.3 Å². The second kappa shape index (κ2) is 6.50. The van der Waals surface area contributed by atoms with Gasteiger partial charge in [0.2, 0.25) is 11.8 Å². The maximum absolute atomic E-state index is 12.0. The fourth-order valence-electron chi connectivity index (χ4n) is 2.23. The van der Waals surface area contributed by atoms with E-state index in [4.69, 9.17) is 0 Å². The summed E-state index contributed by atoms with van der Waals surface area (Å²) in [6, 6.07) is 7.69. The number of amides is 2. The molecule has 7 heteroatoms. The van der Waals surface area contributed by atoms with Crippen molar-refractivity contribution >= 4 is 40.0 Å². The molecule has 3 rings (SSSR count). The molecule has 0 radical (unpaired) electrons. The van der Waals surface area contributed by atoms with Crippen molar-refractivity contribution < 1.29 is 9.59 Å². The van der Waals surface area contributed by atoms with E-state index in [1.165, 1.54) is 16.2 Å². The smallest absolute Gasteiger partial charge is 0.248 e. The molecule has 1 atom stereocenters. The SMILES string of the molecule is CSc1ccc(-c2csc(NC(=O)C3CCC(=O)N3)n2)cc1. The Bertz CT molecular complexity index is 697. The maximum atomic E-state index is 12.0. The number of anilines is 1. The molecule has 1 fully saturated rings. The molecule has 0 spiro atoms. The lowest BCUT2D eigenvalue weighted by molar-refractivity contribution is -0.122. The van der Waals surface area contributed by atoms with Crippen LogP contribution < -0.4 is 10.6 Å². The molecular weight excluding hydrogens is 318 g/mol. The molecule has 2 heterocycles. The van der Waals surface area contributed by atoms with E-state index in [9.17, 15) is 9.59 Å². The Morgan fingerprint density at radius 1 is 1.41 bits per heavy atom. The monoisotopic (exact) mass is 333 g/mol. The van der Waals surface area contributed by atoms with Crippen LogP contribution in [-0.4, -0.2) is 29.1 Å². The number of nitrogens with one attached hydrogen (secondary N) is 2. The summed E-state index contributed by atoms with van der Waals surface area (Å²) in [6.07, 6.45) is 2.98. The summed E-state index contributed by atoms with van der Waals surface area (Å²) in [6.45, 7) is 0. The molecule has 1 aliphatic heterocycles. The quantitative estimate of drug-likeness (QED) is 0.844. The van der Waals surface area contributed by atoms with Crippen LogP contribution in [0, 0.1) is 0 Å². The predicted octanol–water partition coefficient (Wildman–Crippen LogP) is 2.75. The fourth-order valence-corrected chi connectivity index (χ4v) is 3.36. The van der Waals surface area contributed by atoms with E-state index in [2.05, 4.69) is 15.6 Å². The number of carbonyl (C=O) groups is 2. The molecule has 2 amide bonds. The molecule has 2 N–H and O–H groups in total. The molecule has 1 saturated heterocycles. The van der Waals surface area contributed by atoms with Crippen molar-refractivity contribution in [2.75, 3.05) is 11.6 Å². The number of hydrogen-bond donors (Lipinski definition) is 2. The minimum atomic E-state index is -0.444. The van der Waals surface area contributed by atoms with E-state index in [1.807, 2.05) is 35.9 Å². The second-order valence-electron chi connectivity index (χ2n) is 4.91. The van der Waals surface area contributed by atoms with E-state index in [1.54, 1.807) is 11.8 Å². The summed E-state index contributed by atoms with van der Waals surface area (Å²) in [4.78, 5) is 28.8. The third-order valence-electron chi connectivity index (χ3n) is 3.43. The molecule has 2 aromatic rings. The Labute approximate surface area is 136 Å². The highest BCUT2D eigenvalue weighted by Gasteiger charge is 2.27. The topological polar surface area (TPSA) is 71.1 Å². The van der Waals surface area contributed by atoms with Crippen LogP contribution in [0.2, 0.25) is 0 Å². The normalized spacial score (nSPS) is 17.3. The first-order chi connectivity index (χ1) is 10.7. The summed E-state index contributed by atoms with van der Waals surface area (Å²) >= 11 is 3.07. The number of hydrogen-bond acceptors (Lipinski definition) is 5. The Morgan fingerprint density at radius 2 is 2.18 bits per heavy atom. The van der Waals surface area contributed by atoms with Crippen molar-refractivity contribution in [3.05, 3.63) is 29.6 Å². The molecule has 5 nitrogen and oxygen atoms in total. The summed E-state index contributed by atoms with van der Waals surface area (Å²) in [5.74, 6) is -0.279. The lowest BCUT2D eigenvalue weighted by Gasteiger charge is -2.08. The second-order valence-corrected chi connectivity index (χ2v) is 6.65. The molecule has 0 bridgehead atoms. The van der Waals surface area contributed by atoms with Gasteiger partial charge in [-0.2, -0.15) is 0 Å². The van der Waals surface area contributed by atoms with Crippen molar-refractivity contribution in [1.82, 2.24) is 10.3 Å². The average Bonchev–Trinajstić information content (AvgIpc) is 3.16. The van der Waals surface area contributed by atoms with Crippen molar-refractivity contribution in [3.8, 4) is 11.3 Å². The summed E-state index contributed by atoms with van der Waals surface area (Å²) in [5, 5.41) is 7.88. The highest BCUT2D eigenvalue weighted by atomic mass is 32.2. The summed E-state index contributed by atoms with van der Waals surface area (Å²) in [7, 11) is 0. The molecule has 22 heavy (non-hydrogen) atoms. The molecule has 1 unspecified atom stereocenters. The number of benzene rings is 1. The largest absolute Gasteiger partial charge is 0.344 e. The Kier molecular flexibility index (Phi) is 4.44. The van der Waals surface area contributed by atoms with Gasteiger partial charge >= 0.3 is 0 Å².